The van der Waals surface area contributed by atoms with E-state index in [1.54, 1.807) is 30.5 Å². The van der Waals surface area contributed by atoms with Crippen LogP contribution in [0.2, 0.25) is 5.15 Å². The summed E-state index contributed by atoms with van der Waals surface area (Å²) < 4.78 is 46.5. The molecule has 1 aromatic carbocycles. The van der Waals surface area contributed by atoms with Crippen LogP contribution in [-0.2, 0) is 16.1 Å². The van der Waals surface area contributed by atoms with Crippen molar-refractivity contribution in [1.82, 2.24) is 9.97 Å². The number of aromatic nitrogens is 2. The summed E-state index contributed by atoms with van der Waals surface area (Å²) in [5, 5.41) is 3.37. The van der Waals surface area contributed by atoms with Gasteiger partial charge in [-0.05, 0) is 41.5 Å². The summed E-state index contributed by atoms with van der Waals surface area (Å²) in [4.78, 5) is 33.9. The first kappa shape index (κ1) is 24.0. The number of nitrogens with one attached hydrogen (secondary N) is 1. The minimum atomic E-state index is -4.93. The zero-order valence-electron chi connectivity index (χ0n) is 17.1. The van der Waals surface area contributed by atoms with Crippen molar-refractivity contribution in [2.45, 2.75) is 18.8 Å². The second-order valence-electron chi connectivity index (χ2n) is 6.68. The van der Waals surface area contributed by atoms with Crippen LogP contribution in [0.3, 0.4) is 0 Å². The number of halogens is 4. The highest BCUT2D eigenvalue weighted by molar-refractivity contribution is 6.29. The van der Waals surface area contributed by atoms with Crippen LogP contribution < -0.4 is 10.1 Å². The van der Waals surface area contributed by atoms with Crippen LogP contribution in [0.1, 0.15) is 27.5 Å². The van der Waals surface area contributed by atoms with E-state index < -0.39 is 29.8 Å². The SMILES string of the molecule is COC(=O)C(C(=O)c1ncccc1NCc1ccc(Cl)nc1)c1cccc(OC(F)(F)F)c1. The van der Waals surface area contributed by atoms with Gasteiger partial charge in [0.15, 0.2) is 0 Å². The van der Waals surface area contributed by atoms with Gasteiger partial charge >= 0.3 is 12.3 Å². The van der Waals surface area contributed by atoms with Gasteiger partial charge in [-0.3, -0.25) is 14.6 Å². The number of pyridine rings is 2. The number of carbonyl (C=O) groups is 2. The maximum Gasteiger partial charge on any atom is 0.573 e. The monoisotopic (exact) mass is 479 g/mol. The zero-order chi connectivity index (χ0) is 24.0. The third kappa shape index (κ3) is 6.42. The number of Topliss-reactive ketones (excluding diaryl/α,β-unsaturated/α-hetero) is 1. The molecular weight excluding hydrogens is 463 g/mol. The van der Waals surface area contributed by atoms with Gasteiger partial charge in [-0.15, -0.1) is 13.2 Å². The number of nitrogens with zero attached hydrogens (tertiary/aromatic N) is 2. The minimum absolute atomic E-state index is 0.0351. The molecule has 2 aromatic heterocycles. The van der Waals surface area contributed by atoms with Gasteiger partial charge in [0, 0.05) is 18.9 Å². The van der Waals surface area contributed by atoms with Crippen LogP contribution in [0.25, 0.3) is 0 Å². The van der Waals surface area contributed by atoms with Crippen molar-refractivity contribution in [3.05, 3.63) is 82.9 Å². The highest BCUT2D eigenvalue weighted by atomic mass is 35.5. The molecule has 7 nitrogen and oxygen atoms in total. The number of ether oxygens (including phenoxy) is 2. The molecule has 3 rings (SSSR count). The van der Waals surface area contributed by atoms with Crippen molar-refractivity contribution in [2.75, 3.05) is 12.4 Å². The van der Waals surface area contributed by atoms with Crippen LogP contribution >= 0.6 is 11.6 Å². The van der Waals surface area contributed by atoms with Crippen molar-refractivity contribution in [3.63, 3.8) is 0 Å². The fourth-order valence-electron chi connectivity index (χ4n) is 2.99. The summed E-state index contributed by atoms with van der Waals surface area (Å²) in [6.07, 6.45) is -2.02. The van der Waals surface area contributed by atoms with Gasteiger partial charge < -0.3 is 14.8 Å². The number of carbonyl (C=O) groups excluding carboxylic acids is 2. The Kier molecular flexibility index (Phi) is 7.49. The second kappa shape index (κ2) is 10.3. The Balaban J connectivity index is 1.91. The first-order chi connectivity index (χ1) is 15.7. The van der Waals surface area contributed by atoms with Crippen LogP contribution in [-0.4, -0.2) is 35.2 Å². The number of ketones is 1. The summed E-state index contributed by atoms with van der Waals surface area (Å²) in [7, 11) is 1.07. The summed E-state index contributed by atoms with van der Waals surface area (Å²) >= 11 is 5.78. The van der Waals surface area contributed by atoms with E-state index in [4.69, 9.17) is 16.3 Å². The third-order valence-electron chi connectivity index (χ3n) is 4.44. The molecule has 1 N–H and O–H groups in total. The van der Waals surface area contributed by atoms with Crippen LogP contribution in [0.15, 0.2) is 60.9 Å². The first-order valence-corrected chi connectivity index (χ1v) is 9.83. The standard InChI is InChI=1S/C22H17ClF3N3O4/c1-32-21(31)18(14-4-2-5-15(10-14)33-22(24,25)26)20(30)19-16(6-3-9-27-19)28-11-13-7-8-17(23)29-12-13/h2-10,12,18,28H,11H2,1H3. The lowest BCUT2D eigenvalue weighted by atomic mass is 9.92. The van der Waals surface area contributed by atoms with E-state index in [0.717, 1.165) is 24.8 Å². The molecule has 0 aliphatic rings. The van der Waals surface area contributed by atoms with E-state index in [9.17, 15) is 22.8 Å². The maximum atomic E-state index is 13.3. The van der Waals surface area contributed by atoms with Gasteiger partial charge in [-0.25, -0.2) is 4.98 Å². The number of methoxy groups -OCH3 is 1. The average molecular weight is 480 g/mol. The lowest BCUT2D eigenvalue weighted by molar-refractivity contribution is -0.274. The lowest BCUT2D eigenvalue weighted by Crippen LogP contribution is -2.25. The number of anilines is 1. The Bertz CT molecular complexity index is 1140. The van der Waals surface area contributed by atoms with Crippen molar-refractivity contribution in [1.29, 1.82) is 0 Å². The largest absolute Gasteiger partial charge is 0.573 e. The van der Waals surface area contributed by atoms with E-state index >= 15 is 0 Å². The molecular formula is C22H17ClF3N3O4. The maximum absolute atomic E-state index is 13.3. The fourth-order valence-corrected chi connectivity index (χ4v) is 3.10. The molecule has 0 amide bonds. The number of hydrogen-bond acceptors (Lipinski definition) is 7. The summed E-state index contributed by atoms with van der Waals surface area (Å²) in [5.41, 5.74) is 0.960. The van der Waals surface area contributed by atoms with Crippen LogP contribution in [0.5, 0.6) is 5.75 Å². The van der Waals surface area contributed by atoms with Gasteiger partial charge in [0.2, 0.25) is 5.78 Å². The van der Waals surface area contributed by atoms with Gasteiger partial charge in [0.1, 0.15) is 22.5 Å². The number of alkyl halides is 3. The first-order valence-electron chi connectivity index (χ1n) is 9.45. The van der Waals surface area contributed by atoms with Gasteiger partial charge in [-0.2, -0.15) is 0 Å². The quantitative estimate of drug-likeness (QED) is 0.215. The molecule has 172 valence electrons. The Morgan fingerprint density at radius 2 is 1.91 bits per heavy atom. The van der Waals surface area contributed by atoms with E-state index in [2.05, 4.69) is 20.0 Å². The summed E-state index contributed by atoms with van der Waals surface area (Å²) in [5.74, 6) is -3.85. The average Bonchev–Trinajstić information content (AvgIpc) is 2.78. The molecule has 0 fully saturated rings. The molecule has 3 aromatic rings. The molecule has 0 aliphatic carbocycles. The Labute approximate surface area is 191 Å². The van der Waals surface area contributed by atoms with Gasteiger partial charge in [-0.1, -0.05) is 29.8 Å². The van der Waals surface area contributed by atoms with Gasteiger partial charge in [0.25, 0.3) is 0 Å². The lowest BCUT2D eigenvalue weighted by Gasteiger charge is -2.17. The van der Waals surface area contributed by atoms with Gasteiger partial charge in [0.05, 0.1) is 12.8 Å². The fraction of sp³-hybridized carbons (Fsp3) is 0.182. The highest BCUT2D eigenvalue weighted by Gasteiger charge is 2.35. The predicted octanol–water partition coefficient (Wildman–Crippen LogP) is 4.78. The molecule has 0 saturated heterocycles. The summed E-state index contributed by atoms with van der Waals surface area (Å²) in [6.45, 7) is 0.272. The van der Waals surface area contributed by atoms with Crippen molar-refractivity contribution in [3.8, 4) is 5.75 Å². The van der Waals surface area contributed by atoms with E-state index in [-0.39, 0.29) is 17.8 Å². The van der Waals surface area contributed by atoms with Crippen molar-refractivity contribution >= 4 is 29.0 Å². The van der Waals surface area contributed by atoms with Crippen LogP contribution in [0, 0.1) is 0 Å². The van der Waals surface area contributed by atoms with E-state index in [1.807, 2.05) is 0 Å². The number of hydrogen-bond donors (Lipinski definition) is 1. The second-order valence-corrected chi connectivity index (χ2v) is 7.07. The Morgan fingerprint density at radius 3 is 2.58 bits per heavy atom. The van der Waals surface area contributed by atoms with E-state index in [1.165, 1.54) is 18.3 Å². The Morgan fingerprint density at radius 1 is 1.12 bits per heavy atom. The molecule has 0 radical (unpaired) electrons. The molecule has 11 heteroatoms. The third-order valence-corrected chi connectivity index (χ3v) is 4.66. The smallest absolute Gasteiger partial charge is 0.468 e. The summed E-state index contributed by atoms with van der Waals surface area (Å²) in [6, 6.07) is 11.1. The molecule has 33 heavy (non-hydrogen) atoms. The van der Waals surface area contributed by atoms with Crippen molar-refractivity contribution in [2.24, 2.45) is 0 Å². The molecule has 0 bridgehead atoms. The topological polar surface area (TPSA) is 90.4 Å². The molecule has 1 atom stereocenters. The number of rotatable bonds is 8. The molecule has 0 spiro atoms. The normalized spacial score (nSPS) is 12.0. The number of esters is 1. The predicted molar refractivity (Wildman–Crippen MR) is 113 cm³/mol. The Hall–Kier alpha value is -3.66. The van der Waals surface area contributed by atoms with E-state index in [0.29, 0.717) is 10.8 Å². The van der Waals surface area contributed by atoms with Crippen LogP contribution in [0.4, 0.5) is 18.9 Å². The zero-order valence-corrected chi connectivity index (χ0v) is 17.9. The molecule has 1 unspecified atom stereocenters. The van der Waals surface area contributed by atoms with Crippen molar-refractivity contribution < 1.29 is 32.2 Å². The minimum Gasteiger partial charge on any atom is -0.468 e. The molecule has 0 aliphatic heterocycles. The number of benzene rings is 1. The molecule has 2 heterocycles. The molecule has 0 saturated carbocycles. The highest BCUT2D eigenvalue weighted by Crippen LogP contribution is 2.30.